The average Bonchev–Trinajstić information content (AvgIpc) is 2.61. The summed E-state index contributed by atoms with van der Waals surface area (Å²) in [6.45, 7) is 6.80. The molecule has 0 N–H and O–H groups in total. The second kappa shape index (κ2) is 8.11. The van der Waals surface area contributed by atoms with E-state index < -0.39 is 8.07 Å². The molecule has 0 radical (unpaired) electrons. The van der Waals surface area contributed by atoms with Crippen LogP contribution in [0, 0.1) is 0 Å². The van der Waals surface area contributed by atoms with E-state index in [1.165, 1.54) is 17.9 Å². The summed E-state index contributed by atoms with van der Waals surface area (Å²) >= 11 is 0. The van der Waals surface area contributed by atoms with Crippen molar-refractivity contribution in [3.63, 3.8) is 0 Å². The third kappa shape index (κ3) is 4.45. The van der Waals surface area contributed by atoms with Crippen molar-refractivity contribution < 1.29 is 9.53 Å². The number of carbonyl (C=O) groups is 1. The van der Waals surface area contributed by atoms with Crippen molar-refractivity contribution in [1.82, 2.24) is 0 Å². The van der Waals surface area contributed by atoms with E-state index in [-0.39, 0.29) is 5.97 Å². The molecule has 0 amide bonds. The Hall–Kier alpha value is -2.13. The largest absolute Gasteiger partial charge is 0.469 e. The molecule has 0 saturated heterocycles. The van der Waals surface area contributed by atoms with E-state index in [2.05, 4.69) is 73.8 Å². The molecule has 2 rings (SSSR count). The first kappa shape index (κ1) is 18.2. The molecular formula is C21H26O2Si. The molecule has 0 aromatic heterocycles. The van der Waals surface area contributed by atoms with Crippen molar-refractivity contribution in [3.8, 4) is 0 Å². The Labute approximate surface area is 146 Å². The molecule has 24 heavy (non-hydrogen) atoms. The summed E-state index contributed by atoms with van der Waals surface area (Å²) in [5, 5.41) is 1.42. The lowest BCUT2D eigenvalue weighted by Crippen LogP contribution is -2.47. The van der Waals surface area contributed by atoms with Gasteiger partial charge in [0.05, 0.1) is 21.6 Å². The van der Waals surface area contributed by atoms with Gasteiger partial charge in [0.15, 0.2) is 0 Å². The van der Waals surface area contributed by atoms with Gasteiger partial charge in [-0.1, -0.05) is 90.6 Å². The van der Waals surface area contributed by atoms with Crippen molar-refractivity contribution in [2.75, 3.05) is 7.11 Å². The van der Waals surface area contributed by atoms with Crippen LogP contribution >= 0.6 is 0 Å². The molecule has 0 aliphatic carbocycles. The van der Waals surface area contributed by atoms with Crippen LogP contribution in [-0.2, 0) is 9.53 Å². The van der Waals surface area contributed by atoms with Gasteiger partial charge in [0, 0.05) is 5.54 Å². The lowest BCUT2D eigenvalue weighted by atomic mass is 10.1. The van der Waals surface area contributed by atoms with E-state index >= 15 is 0 Å². The zero-order valence-electron chi connectivity index (χ0n) is 15.0. The number of allylic oxidation sites excluding steroid dienone is 1. The number of carbonyl (C=O) groups excluding carboxylic acids is 1. The van der Waals surface area contributed by atoms with E-state index in [4.69, 9.17) is 4.74 Å². The number of ether oxygens (including phenoxy) is 1. The predicted octanol–water partition coefficient (Wildman–Crippen LogP) is 4.43. The van der Waals surface area contributed by atoms with E-state index in [1.54, 1.807) is 0 Å². The molecule has 0 bridgehead atoms. The third-order valence-corrected chi connectivity index (χ3v) is 8.43. The lowest BCUT2D eigenvalue weighted by molar-refractivity contribution is -0.139. The van der Waals surface area contributed by atoms with Gasteiger partial charge in [-0.3, -0.25) is 4.79 Å². The number of methoxy groups -OCH3 is 1. The Kier molecular flexibility index (Phi) is 6.15. The standard InChI is InChI=1S/C21H26O2Si/c1-17(16-21(22)23-2)15-20(18-11-7-5-8-12-18)24(3,4)19-13-9-6-10-14-19/h5-15,20H,16H2,1-4H3/b17-15-/t20-/m1/s1. The van der Waals surface area contributed by atoms with E-state index in [9.17, 15) is 4.79 Å². The Morgan fingerprint density at radius 3 is 2.12 bits per heavy atom. The first-order chi connectivity index (χ1) is 11.4. The van der Waals surface area contributed by atoms with Crippen LogP contribution in [0.15, 0.2) is 72.3 Å². The summed E-state index contributed by atoms with van der Waals surface area (Å²) in [5.74, 6) is -0.185. The van der Waals surface area contributed by atoms with Gasteiger partial charge < -0.3 is 4.74 Å². The summed E-state index contributed by atoms with van der Waals surface area (Å²) in [4.78, 5) is 11.6. The van der Waals surface area contributed by atoms with Gasteiger partial charge in [-0.05, 0) is 12.5 Å². The van der Waals surface area contributed by atoms with Gasteiger partial charge >= 0.3 is 5.97 Å². The Balaban J connectivity index is 2.44. The van der Waals surface area contributed by atoms with Gasteiger partial charge in [0.2, 0.25) is 0 Å². The number of hydrogen-bond acceptors (Lipinski definition) is 2. The molecule has 1 atom stereocenters. The molecule has 0 fully saturated rings. The van der Waals surface area contributed by atoms with E-state index in [0.717, 1.165) is 5.57 Å². The highest BCUT2D eigenvalue weighted by molar-refractivity contribution is 6.91. The molecule has 3 heteroatoms. The Morgan fingerprint density at radius 2 is 1.58 bits per heavy atom. The van der Waals surface area contributed by atoms with Crippen LogP contribution in [0.4, 0.5) is 0 Å². The zero-order valence-corrected chi connectivity index (χ0v) is 16.0. The second-order valence-electron chi connectivity index (χ2n) is 6.74. The summed E-state index contributed by atoms with van der Waals surface area (Å²) in [6, 6.07) is 21.3. The topological polar surface area (TPSA) is 26.3 Å². The minimum Gasteiger partial charge on any atom is -0.469 e. The van der Waals surface area contributed by atoms with Crippen LogP contribution in [0.5, 0.6) is 0 Å². The van der Waals surface area contributed by atoms with E-state index in [1.807, 2.05) is 13.0 Å². The highest BCUT2D eigenvalue weighted by Crippen LogP contribution is 2.30. The smallest absolute Gasteiger partial charge is 0.309 e. The molecule has 0 unspecified atom stereocenters. The predicted molar refractivity (Wildman–Crippen MR) is 103 cm³/mol. The SMILES string of the molecule is COC(=O)C/C(C)=C\[C@H](c1ccccc1)[Si](C)(C)c1ccccc1. The molecule has 0 spiro atoms. The maximum atomic E-state index is 11.6. The first-order valence-corrected chi connectivity index (χ1v) is 11.4. The molecule has 0 aliphatic heterocycles. The normalized spacial score (nSPS) is 13.4. The monoisotopic (exact) mass is 338 g/mol. The molecule has 0 heterocycles. The van der Waals surface area contributed by atoms with Crippen LogP contribution in [-0.4, -0.2) is 21.2 Å². The van der Waals surface area contributed by atoms with Crippen molar-refractivity contribution >= 4 is 19.2 Å². The Morgan fingerprint density at radius 1 is 1.04 bits per heavy atom. The minimum atomic E-state index is -1.80. The molecule has 2 aromatic rings. The number of benzene rings is 2. The number of hydrogen-bond donors (Lipinski definition) is 0. The van der Waals surface area contributed by atoms with Crippen molar-refractivity contribution in [2.45, 2.75) is 32.0 Å². The lowest BCUT2D eigenvalue weighted by Gasteiger charge is -2.32. The fraction of sp³-hybridized carbons (Fsp3) is 0.286. The fourth-order valence-electron chi connectivity index (χ4n) is 3.07. The molecule has 2 nitrogen and oxygen atoms in total. The second-order valence-corrected chi connectivity index (χ2v) is 11.4. The average molecular weight is 339 g/mol. The summed E-state index contributed by atoms with van der Waals surface area (Å²) < 4.78 is 4.81. The van der Waals surface area contributed by atoms with Gasteiger partial charge in [-0.15, -0.1) is 0 Å². The molecule has 0 saturated carbocycles. The van der Waals surface area contributed by atoms with Gasteiger partial charge in [0.1, 0.15) is 0 Å². The third-order valence-electron chi connectivity index (χ3n) is 4.56. The van der Waals surface area contributed by atoms with Gasteiger partial charge in [0.25, 0.3) is 0 Å². The highest BCUT2D eigenvalue weighted by atomic mass is 28.3. The van der Waals surface area contributed by atoms with Crippen molar-refractivity contribution in [3.05, 3.63) is 77.9 Å². The Bertz CT molecular complexity index is 690. The first-order valence-electron chi connectivity index (χ1n) is 8.29. The molecule has 2 aromatic carbocycles. The molecule has 0 aliphatic rings. The maximum absolute atomic E-state index is 11.6. The number of esters is 1. The zero-order chi connectivity index (χ0) is 17.6. The van der Waals surface area contributed by atoms with Gasteiger partial charge in [-0.25, -0.2) is 0 Å². The summed E-state index contributed by atoms with van der Waals surface area (Å²) in [5.41, 5.74) is 2.68. The van der Waals surface area contributed by atoms with Gasteiger partial charge in [-0.2, -0.15) is 0 Å². The fourth-order valence-corrected chi connectivity index (χ4v) is 6.21. The van der Waals surface area contributed by atoms with Crippen LogP contribution < -0.4 is 5.19 Å². The van der Waals surface area contributed by atoms with Crippen LogP contribution in [0.2, 0.25) is 13.1 Å². The quantitative estimate of drug-likeness (QED) is 0.442. The molecule has 126 valence electrons. The summed E-state index contributed by atoms with van der Waals surface area (Å²) in [7, 11) is -0.365. The van der Waals surface area contributed by atoms with Crippen LogP contribution in [0.1, 0.15) is 24.4 Å². The minimum absolute atomic E-state index is 0.185. The van der Waals surface area contributed by atoms with E-state index in [0.29, 0.717) is 12.0 Å². The van der Waals surface area contributed by atoms with Crippen LogP contribution in [0.25, 0.3) is 0 Å². The maximum Gasteiger partial charge on any atom is 0.309 e. The van der Waals surface area contributed by atoms with Crippen LogP contribution in [0.3, 0.4) is 0 Å². The highest BCUT2D eigenvalue weighted by Gasteiger charge is 2.33. The van der Waals surface area contributed by atoms with Crippen molar-refractivity contribution in [1.29, 1.82) is 0 Å². The summed E-state index contributed by atoms with van der Waals surface area (Å²) in [6.07, 6.45) is 2.62. The van der Waals surface area contributed by atoms with Crippen molar-refractivity contribution in [2.24, 2.45) is 0 Å². The number of rotatable bonds is 6. The molecular weight excluding hydrogens is 312 g/mol.